The lowest BCUT2D eigenvalue weighted by atomic mass is 9.74. The average molecular weight is 268 g/mol. The molecule has 104 valence electrons. The second kappa shape index (κ2) is 5.57. The maximum Gasteiger partial charge on any atom is 0.305 e. The van der Waals surface area contributed by atoms with Gasteiger partial charge in [0.05, 0.1) is 27.4 Å². The Balaban J connectivity index is 2.25. The molecule has 5 heteroatoms. The predicted octanol–water partition coefficient (Wildman–Crippen LogP) is 2.06. The van der Waals surface area contributed by atoms with Crippen LogP contribution in [0, 0.1) is 5.82 Å². The number of rotatable bonds is 5. The summed E-state index contributed by atoms with van der Waals surface area (Å²) in [6, 6.07) is 4.41. The summed E-state index contributed by atoms with van der Waals surface area (Å²) in [4.78, 5) is 11.3. The predicted molar refractivity (Wildman–Crippen MR) is 66.7 cm³/mol. The molecule has 1 aliphatic heterocycles. The molecule has 1 aromatic rings. The van der Waals surface area contributed by atoms with Crippen LogP contribution in [-0.4, -0.2) is 33.4 Å². The summed E-state index contributed by atoms with van der Waals surface area (Å²) in [6.07, 6.45) is 0.832. The van der Waals surface area contributed by atoms with Crippen molar-refractivity contribution in [3.8, 4) is 5.75 Å². The molecule has 0 aliphatic carbocycles. The quantitative estimate of drug-likeness (QED) is 0.767. The molecule has 0 spiro atoms. The standard InChI is InChI=1S/C14H17FO4/c1-17-12-4-3-10(15)7-11(12)14(8-19-9-14)6-5-13(16)18-2/h3-4,7H,5-6,8-9H2,1-2H3. The van der Waals surface area contributed by atoms with E-state index in [1.807, 2.05) is 0 Å². The number of ether oxygens (including phenoxy) is 3. The highest BCUT2D eigenvalue weighted by Crippen LogP contribution is 2.41. The average Bonchev–Trinajstić information content (AvgIpc) is 2.37. The first-order valence-electron chi connectivity index (χ1n) is 6.10. The van der Waals surface area contributed by atoms with Gasteiger partial charge in [-0.1, -0.05) is 0 Å². The van der Waals surface area contributed by atoms with Crippen LogP contribution in [0.1, 0.15) is 18.4 Å². The molecule has 1 aromatic carbocycles. The fourth-order valence-corrected chi connectivity index (χ4v) is 2.32. The number of esters is 1. The zero-order valence-corrected chi connectivity index (χ0v) is 11.1. The van der Waals surface area contributed by atoms with Crippen molar-refractivity contribution in [3.63, 3.8) is 0 Å². The molecular weight excluding hydrogens is 251 g/mol. The first kappa shape index (κ1) is 13.8. The topological polar surface area (TPSA) is 44.8 Å². The summed E-state index contributed by atoms with van der Waals surface area (Å²) in [6.45, 7) is 0.924. The normalized spacial score (nSPS) is 16.6. The lowest BCUT2D eigenvalue weighted by Gasteiger charge is -2.42. The molecule has 0 aromatic heterocycles. The van der Waals surface area contributed by atoms with Crippen molar-refractivity contribution in [2.24, 2.45) is 0 Å². The molecule has 0 bridgehead atoms. The molecule has 0 saturated carbocycles. The van der Waals surface area contributed by atoms with Gasteiger partial charge in [-0.25, -0.2) is 4.39 Å². The van der Waals surface area contributed by atoms with Crippen LogP contribution >= 0.6 is 0 Å². The van der Waals surface area contributed by atoms with Crippen molar-refractivity contribution < 1.29 is 23.4 Å². The van der Waals surface area contributed by atoms with E-state index in [0.29, 0.717) is 25.4 Å². The molecule has 0 radical (unpaired) electrons. The van der Waals surface area contributed by atoms with Crippen molar-refractivity contribution in [2.45, 2.75) is 18.3 Å². The van der Waals surface area contributed by atoms with Gasteiger partial charge in [-0.2, -0.15) is 0 Å². The third-order valence-electron chi connectivity index (χ3n) is 3.52. The third-order valence-corrected chi connectivity index (χ3v) is 3.52. The number of hydrogen-bond acceptors (Lipinski definition) is 4. The van der Waals surface area contributed by atoms with Crippen molar-refractivity contribution in [1.82, 2.24) is 0 Å². The van der Waals surface area contributed by atoms with Gasteiger partial charge in [0, 0.05) is 17.4 Å². The monoisotopic (exact) mass is 268 g/mol. The second-order valence-corrected chi connectivity index (χ2v) is 4.69. The molecule has 0 amide bonds. The van der Waals surface area contributed by atoms with Crippen LogP contribution in [0.2, 0.25) is 0 Å². The molecule has 1 heterocycles. The summed E-state index contributed by atoms with van der Waals surface area (Å²) in [7, 11) is 2.90. The fraction of sp³-hybridized carbons (Fsp3) is 0.500. The van der Waals surface area contributed by atoms with Crippen molar-refractivity contribution in [1.29, 1.82) is 0 Å². The summed E-state index contributed by atoms with van der Waals surface area (Å²) < 4.78 is 28.6. The van der Waals surface area contributed by atoms with Crippen molar-refractivity contribution in [2.75, 3.05) is 27.4 Å². The van der Waals surface area contributed by atoms with Crippen LogP contribution < -0.4 is 4.74 Å². The minimum absolute atomic E-state index is 0.276. The summed E-state index contributed by atoms with van der Waals surface area (Å²) in [5, 5.41) is 0. The number of halogens is 1. The molecule has 0 atom stereocenters. The Hall–Kier alpha value is -1.62. The van der Waals surface area contributed by atoms with Crippen LogP contribution in [0.15, 0.2) is 18.2 Å². The summed E-state index contributed by atoms with van der Waals surface area (Å²) in [5.74, 6) is 0.0244. The fourth-order valence-electron chi connectivity index (χ4n) is 2.32. The van der Waals surface area contributed by atoms with Crippen LogP contribution in [0.25, 0.3) is 0 Å². The van der Waals surface area contributed by atoms with Gasteiger partial charge in [0.25, 0.3) is 0 Å². The van der Waals surface area contributed by atoms with E-state index in [2.05, 4.69) is 4.74 Å². The minimum atomic E-state index is -0.359. The minimum Gasteiger partial charge on any atom is -0.496 e. The van der Waals surface area contributed by atoms with Crippen LogP contribution in [0.4, 0.5) is 4.39 Å². The Bertz CT molecular complexity index is 469. The largest absolute Gasteiger partial charge is 0.496 e. The maximum atomic E-state index is 13.5. The van der Waals surface area contributed by atoms with Gasteiger partial charge in [0.2, 0.25) is 0 Å². The highest BCUT2D eigenvalue weighted by Gasteiger charge is 2.42. The Kier molecular flexibility index (Phi) is 4.04. The lowest BCUT2D eigenvalue weighted by Crippen LogP contribution is -2.47. The van der Waals surface area contributed by atoms with Gasteiger partial charge in [-0.05, 0) is 24.6 Å². The van der Waals surface area contributed by atoms with E-state index in [0.717, 1.165) is 5.56 Å². The van der Waals surface area contributed by atoms with E-state index in [9.17, 15) is 9.18 Å². The number of hydrogen-bond donors (Lipinski definition) is 0. The Labute approximate surface area is 111 Å². The number of benzene rings is 1. The zero-order chi connectivity index (χ0) is 13.9. The first-order valence-corrected chi connectivity index (χ1v) is 6.10. The second-order valence-electron chi connectivity index (χ2n) is 4.69. The van der Waals surface area contributed by atoms with Gasteiger partial charge >= 0.3 is 5.97 Å². The Morgan fingerprint density at radius 1 is 1.42 bits per heavy atom. The SMILES string of the molecule is COC(=O)CCC1(c2cc(F)ccc2OC)COC1. The van der Waals surface area contributed by atoms with E-state index in [4.69, 9.17) is 9.47 Å². The van der Waals surface area contributed by atoms with Gasteiger partial charge in [0.1, 0.15) is 11.6 Å². The van der Waals surface area contributed by atoms with E-state index >= 15 is 0 Å². The van der Waals surface area contributed by atoms with Gasteiger partial charge in [-0.15, -0.1) is 0 Å². The summed E-state index contributed by atoms with van der Waals surface area (Å²) >= 11 is 0. The molecule has 1 fully saturated rings. The van der Waals surface area contributed by atoms with Crippen molar-refractivity contribution in [3.05, 3.63) is 29.6 Å². The van der Waals surface area contributed by atoms with E-state index in [-0.39, 0.29) is 23.6 Å². The van der Waals surface area contributed by atoms with Gasteiger partial charge in [0.15, 0.2) is 0 Å². The number of carbonyl (C=O) groups excluding carboxylic acids is 1. The van der Waals surface area contributed by atoms with Gasteiger partial charge < -0.3 is 14.2 Å². The van der Waals surface area contributed by atoms with E-state index in [1.54, 1.807) is 13.2 Å². The molecule has 0 unspecified atom stereocenters. The maximum absolute atomic E-state index is 13.5. The third kappa shape index (κ3) is 2.71. The highest BCUT2D eigenvalue weighted by atomic mass is 19.1. The van der Waals surface area contributed by atoms with Crippen LogP contribution in [0.3, 0.4) is 0 Å². The summed E-state index contributed by atoms with van der Waals surface area (Å²) in [5.41, 5.74) is 0.395. The Morgan fingerprint density at radius 2 is 2.16 bits per heavy atom. The Morgan fingerprint density at radius 3 is 2.68 bits per heavy atom. The number of methoxy groups -OCH3 is 2. The molecule has 1 saturated heterocycles. The smallest absolute Gasteiger partial charge is 0.305 e. The zero-order valence-electron chi connectivity index (χ0n) is 11.1. The van der Waals surface area contributed by atoms with Crippen LogP contribution in [-0.2, 0) is 19.7 Å². The first-order chi connectivity index (χ1) is 9.11. The van der Waals surface area contributed by atoms with Crippen molar-refractivity contribution >= 4 is 5.97 Å². The number of carbonyl (C=O) groups is 1. The molecule has 19 heavy (non-hydrogen) atoms. The van der Waals surface area contributed by atoms with Crippen LogP contribution in [0.5, 0.6) is 5.75 Å². The molecule has 2 rings (SSSR count). The molecule has 4 nitrogen and oxygen atoms in total. The molecule has 0 N–H and O–H groups in total. The molecular formula is C14H17FO4. The highest BCUT2D eigenvalue weighted by molar-refractivity contribution is 5.69. The van der Waals surface area contributed by atoms with E-state index in [1.165, 1.54) is 19.2 Å². The van der Waals surface area contributed by atoms with E-state index < -0.39 is 0 Å². The van der Waals surface area contributed by atoms with Gasteiger partial charge in [-0.3, -0.25) is 4.79 Å². The lowest BCUT2D eigenvalue weighted by molar-refractivity contribution is -0.142. The molecule has 1 aliphatic rings.